The summed E-state index contributed by atoms with van der Waals surface area (Å²) in [5.41, 5.74) is 8.04. The highest BCUT2D eigenvalue weighted by atomic mass is 16.5. The Morgan fingerprint density at radius 3 is 2.44 bits per heavy atom. The summed E-state index contributed by atoms with van der Waals surface area (Å²) in [5, 5.41) is 0. The average Bonchev–Trinajstić information content (AvgIpc) is 2.39. The molecule has 1 unspecified atom stereocenters. The highest BCUT2D eigenvalue weighted by Gasteiger charge is 2.14. The van der Waals surface area contributed by atoms with Crippen molar-refractivity contribution in [2.24, 2.45) is 5.73 Å². The first-order chi connectivity index (χ1) is 8.53. The topological polar surface area (TPSA) is 47.7 Å². The Morgan fingerprint density at radius 2 is 1.94 bits per heavy atom. The van der Waals surface area contributed by atoms with Gasteiger partial charge in [0.05, 0.1) is 14.2 Å². The maximum atomic E-state index is 5.69. The van der Waals surface area contributed by atoms with Crippen molar-refractivity contribution >= 4 is 0 Å². The number of benzene rings is 1. The average molecular weight is 252 g/mol. The van der Waals surface area contributed by atoms with Crippen LogP contribution in [0.3, 0.4) is 0 Å². The van der Waals surface area contributed by atoms with Crippen LogP contribution in [0.4, 0.5) is 0 Å². The van der Waals surface area contributed by atoms with E-state index >= 15 is 0 Å². The van der Waals surface area contributed by atoms with Crippen LogP contribution in [0.5, 0.6) is 11.5 Å². The van der Waals surface area contributed by atoms with Crippen LogP contribution in [0.1, 0.15) is 18.1 Å². The monoisotopic (exact) mass is 252 g/mol. The quantitative estimate of drug-likeness (QED) is 0.838. The van der Waals surface area contributed by atoms with Gasteiger partial charge < -0.3 is 15.2 Å². The largest absolute Gasteiger partial charge is 0.497 e. The molecule has 4 nitrogen and oxygen atoms in total. The third-order valence-corrected chi connectivity index (χ3v) is 3.36. The Morgan fingerprint density at radius 1 is 1.28 bits per heavy atom. The molecule has 0 spiro atoms. The summed E-state index contributed by atoms with van der Waals surface area (Å²) in [4.78, 5) is 2.22. The molecule has 4 heteroatoms. The van der Waals surface area contributed by atoms with Crippen molar-refractivity contribution in [2.75, 3.05) is 27.8 Å². The second-order valence-corrected chi connectivity index (χ2v) is 4.62. The smallest absolute Gasteiger partial charge is 0.127 e. The zero-order valence-corrected chi connectivity index (χ0v) is 12.0. The van der Waals surface area contributed by atoms with Gasteiger partial charge in [0.1, 0.15) is 11.5 Å². The van der Waals surface area contributed by atoms with E-state index in [1.54, 1.807) is 14.2 Å². The van der Waals surface area contributed by atoms with Crippen LogP contribution >= 0.6 is 0 Å². The second kappa shape index (κ2) is 6.61. The van der Waals surface area contributed by atoms with Gasteiger partial charge in [0.15, 0.2) is 0 Å². The summed E-state index contributed by atoms with van der Waals surface area (Å²) in [6.45, 7) is 5.65. The zero-order chi connectivity index (χ0) is 13.7. The Labute approximate surface area is 110 Å². The number of likely N-dealkylation sites (N-methyl/N-ethyl adjacent to an activating group) is 1. The molecule has 1 aromatic carbocycles. The summed E-state index contributed by atoms with van der Waals surface area (Å²) in [6.07, 6.45) is 0. The molecule has 0 saturated carbocycles. The van der Waals surface area contributed by atoms with Gasteiger partial charge in [-0.1, -0.05) is 0 Å². The highest BCUT2D eigenvalue weighted by molar-refractivity contribution is 5.46. The van der Waals surface area contributed by atoms with E-state index in [0.29, 0.717) is 12.6 Å². The Balaban J connectivity index is 3.00. The molecule has 0 radical (unpaired) electrons. The van der Waals surface area contributed by atoms with Crippen molar-refractivity contribution < 1.29 is 9.47 Å². The molecule has 0 saturated heterocycles. The molecule has 0 heterocycles. The molecule has 0 amide bonds. The lowest BCUT2D eigenvalue weighted by molar-refractivity contribution is 0.250. The van der Waals surface area contributed by atoms with E-state index in [9.17, 15) is 0 Å². The molecule has 0 aliphatic heterocycles. The van der Waals surface area contributed by atoms with E-state index in [-0.39, 0.29) is 0 Å². The van der Waals surface area contributed by atoms with Crippen LogP contribution in [-0.4, -0.2) is 38.8 Å². The number of nitrogens with two attached hydrogens (primary N) is 1. The maximum absolute atomic E-state index is 5.69. The minimum atomic E-state index is 0.344. The van der Waals surface area contributed by atoms with Crippen molar-refractivity contribution in [3.63, 3.8) is 0 Å². The molecular formula is C14H24N2O2. The molecular weight excluding hydrogens is 228 g/mol. The Bertz CT molecular complexity index is 394. The van der Waals surface area contributed by atoms with E-state index in [1.807, 2.05) is 12.1 Å². The first kappa shape index (κ1) is 14.8. The number of rotatable bonds is 6. The van der Waals surface area contributed by atoms with Crippen LogP contribution < -0.4 is 15.2 Å². The van der Waals surface area contributed by atoms with Crippen LogP contribution in [0, 0.1) is 6.92 Å². The molecule has 1 rings (SSSR count). The van der Waals surface area contributed by atoms with Gasteiger partial charge in [0.2, 0.25) is 0 Å². The maximum Gasteiger partial charge on any atom is 0.127 e. The first-order valence-electron chi connectivity index (χ1n) is 6.15. The van der Waals surface area contributed by atoms with Crippen molar-refractivity contribution in [1.29, 1.82) is 0 Å². The summed E-state index contributed by atoms with van der Waals surface area (Å²) < 4.78 is 10.7. The highest BCUT2D eigenvalue weighted by Crippen LogP contribution is 2.29. The molecule has 1 atom stereocenters. The third kappa shape index (κ3) is 3.37. The predicted molar refractivity (Wildman–Crippen MR) is 74.3 cm³/mol. The number of ether oxygens (including phenoxy) is 2. The lowest BCUT2D eigenvalue weighted by atomic mass is 10.1. The van der Waals surface area contributed by atoms with Gasteiger partial charge in [-0.3, -0.25) is 4.90 Å². The predicted octanol–water partition coefficient (Wildman–Crippen LogP) is 1.79. The lowest BCUT2D eigenvalue weighted by Gasteiger charge is -2.25. The van der Waals surface area contributed by atoms with Crippen molar-refractivity contribution in [2.45, 2.75) is 26.4 Å². The molecule has 2 N–H and O–H groups in total. The number of aryl methyl sites for hydroxylation is 1. The molecule has 1 aromatic rings. The van der Waals surface area contributed by atoms with Crippen molar-refractivity contribution in [3.05, 3.63) is 23.3 Å². The second-order valence-electron chi connectivity index (χ2n) is 4.62. The Hall–Kier alpha value is -1.26. The summed E-state index contributed by atoms with van der Waals surface area (Å²) in [6, 6.07) is 4.29. The van der Waals surface area contributed by atoms with Gasteiger partial charge in [0.25, 0.3) is 0 Å². The summed E-state index contributed by atoms with van der Waals surface area (Å²) in [7, 11) is 5.42. The standard InChI is InChI=1S/C14H24N2O2/c1-10-6-12(17-4)7-14(18-5)13(10)9-16(3)11(2)8-15/h6-7,11H,8-9,15H2,1-5H3. The minimum absolute atomic E-state index is 0.344. The van der Waals surface area contributed by atoms with Gasteiger partial charge in [-0.15, -0.1) is 0 Å². The fourth-order valence-electron chi connectivity index (χ4n) is 1.84. The normalized spacial score (nSPS) is 12.6. The number of hydrogen-bond acceptors (Lipinski definition) is 4. The molecule has 0 aliphatic carbocycles. The molecule has 0 aromatic heterocycles. The number of hydrogen-bond donors (Lipinski definition) is 1. The van der Waals surface area contributed by atoms with E-state index in [0.717, 1.165) is 18.0 Å². The van der Waals surface area contributed by atoms with Crippen LogP contribution in [0.25, 0.3) is 0 Å². The molecule has 0 aliphatic rings. The van der Waals surface area contributed by atoms with Gasteiger partial charge in [0, 0.05) is 30.8 Å². The van der Waals surface area contributed by atoms with E-state index < -0.39 is 0 Å². The fourth-order valence-corrected chi connectivity index (χ4v) is 1.84. The van der Waals surface area contributed by atoms with Gasteiger partial charge in [-0.2, -0.15) is 0 Å². The molecule has 0 fully saturated rings. The first-order valence-corrected chi connectivity index (χ1v) is 6.15. The van der Waals surface area contributed by atoms with Crippen LogP contribution in [-0.2, 0) is 6.54 Å². The molecule has 18 heavy (non-hydrogen) atoms. The van der Waals surface area contributed by atoms with Gasteiger partial charge in [-0.25, -0.2) is 0 Å². The number of nitrogens with zero attached hydrogens (tertiary/aromatic N) is 1. The van der Waals surface area contributed by atoms with E-state index in [2.05, 4.69) is 25.8 Å². The van der Waals surface area contributed by atoms with E-state index in [4.69, 9.17) is 15.2 Å². The molecule has 0 bridgehead atoms. The van der Waals surface area contributed by atoms with Crippen molar-refractivity contribution in [3.8, 4) is 11.5 Å². The molecule has 102 valence electrons. The minimum Gasteiger partial charge on any atom is -0.497 e. The van der Waals surface area contributed by atoms with Crippen LogP contribution in [0.15, 0.2) is 12.1 Å². The fraction of sp³-hybridized carbons (Fsp3) is 0.571. The van der Waals surface area contributed by atoms with Crippen LogP contribution in [0.2, 0.25) is 0 Å². The summed E-state index contributed by atoms with van der Waals surface area (Å²) >= 11 is 0. The third-order valence-electron chi connectivity index (χ3n) is 3.36. The SMILES string of the molecule is COc1cc(C)c(CN(C)C(C)CN)c(OC)c1. The van der Waals surface area contributed by atoms with Crippen molar-refractivity contribution in [1.82, 2.24) is 4.90 Å². The zero-order valence-electron chi connectivity index (χ0n) is 12.0. The van der Waals surface area contributed by atoms with E-state index in [1.165, 1.54) is 11.1 Å². The summed E-state index contributed by atoms with van der Waals surface area (Å²) in [5.74, 6) is 1.69. The van der Waals surface area contributed by atoms with Gasteiger partial charge in [-0.05, 0) is 32.5 Å². The Kier molecular flexibility index (Phi) is 5.44. The van der Waals surface area contributed by atoms with Gasteiger partial charge >= 0.3 is 0 Å². The number of methoxy groups -OCH3 is 2. The lowest BCUT2D eigenvalue weighted by Crippen LogP contribution is -2.35.